The first-order valence-electron chi connectivity index (χ1n) is 7.49. The van der Waals surface area contributed by atoms with Crippen LogP contribution in [0.3, 0.4) is 0 Å². The molecule has 0 unspecified atom stereocenters. The van der Waals surface area contributed by atoms with E-state index in [1.165, 1.54) is 55.2 Å². The van der Waals surface area contributed by atoms with Gasteiger partial charge in [0.25, 0.3) is 0 Å². The van der Waals surface area contributed by atoms with E-state index in [2.05, 4.69) is 50.4 Å². The van der Waals surface area contributed by atoms with Gasteiger partial charge in [-0.2, -0.15) is 0 Å². The summed E-state index contributed by atoms with van der Waals surface area (Å²) in [5.74, 6) is 0. The Kier molecular flexibility index (Phi) is 4.25. The highest BCUT2D eigenvalue weighted by Crippen LogP contribution is 2.36. The normalized spacial score (nSPS) is 23.6. The molecule has 0 aromatic heterocycles. The summed E-state index contributed by atoms with van der Waals surface area (Å²) in [6.07, 6.45) is 6.95. The summed E-state index contributed by atoms with van der Waals surface area (Å²) < 4.78 is 1.25. The Morgan fingerprint density at radius 1 is 1.16 bits per heavy atom. The Labute approximate surface area is 124 Å². The molecule has 1 saturated carbocycles. The molecule has 3 heteroatoms. The first-order valence-corrected chi connectivity index (χ1v) is 8.29. The number of halogens is 1. The molecule has 19 heavy (non-hydrogen) atoms. The molecule has 0 amide bonds. The molecule has 2 aliphatic rings. The van der Waals surface area contributed by atoms with Gasteiger partial charge in [0, 0.05) is 36.2 Å². The molecule has 1 aromatic rings. The topological polar surface area (TPSA) is 15.3 Å². The highest BCUT2D eigenvalue weighted by Gasteiger charge is 2.39. The molecule has 1 N–H and O–H groups in total. The van der Waals surface area contributed by atoms with Crippen molar-refractivity contribution in [2.75, 3.05) is 19.6 Å². The van der Waals surface area contributed by atoms with E-state index in [-0.39, 0.29) is 0 Å². The van der Waals surface area contributed by atoms with Crippen LogP contribution < -0.4 is 5.32 Å². The van der Waals surface area contributed by atoms with Crippen molar-refractivity contribution in [3.8, 4) is 0 Å². The van der Waals surface area contributed by atoms with Crippen molar-refractivity contribution >= 4 is 15.9 Å². The molecule has 0 bridgehead atoms. The van der Waals surface area contributed by atoms with Crippen molar-refractivity contribution in [1.82, 2.24) is 10.2 Å². The third-order valence-corrected chi connectivity index (χ3v) is 5.56. The second-order valence-electron chi connectivity index (χ2n) is 5.97. The monoisotopic (exact) mass is 322 g/mol. The van der Waals surface area contributed by atoms with Gasteiger partial charge in [0.2, 0.25) is 0 Å². The second-order valence-corrected chi connectivity index (χ2v) is 6.83. The molecule has 1 spiro atoms. The zero-order valence-electron chi connectivity index (χ0n) is 11.5. The summed E-state index contributed by atoms with van der Waals surface area (Å²) in [6, 6.07) is 8.66. The number of hydrogen-bond donors (Lipinski definition) is 1. The average Bonchev–Trinajstić information content (AvgIpc) is 2.45. The lowest BCUT2D eigenvalue weighted by Gasteiger charge is -2.50. The molecule has 1 heterocycles. The molecule has 0 atom stereocenters. The standard InChI is InChI=1S/C16H23BrN2/c17-15-7-3-2-6-14(15)12-19-11-10-18-13-16(19)8-4-1-5-9-16/h2-3,6-7,18H,1,4-5,8-13H2. The van der Waals surface area contributed by atoms with Crippen molar-refractivity contribution in [2.45, 2.75) is 44.2 Å². The van der Waals surface area contributed by atoms with Gasteiger partial charge in [-0.1, -0.05) is 53.4 Å². The third kappa shape index (κ3) is 2.88. The fraction of sp³-hybridized carbons (Fsp3) is 0.625. The molecule has 1 saturated heterocycles. The van der Waals surface area contributed by atoms with Crippen LogP contribution in [0.15, 0.2) is 28.7 Å². The smallest absolute Gasteiger partial charge is 0.0338 e. The number of nitrogens with one attached hydrogen (secondary N) is 1. The molecule has 1 aromatic carbocycles. The fourth-order valence-electron chi connectivity index (χ4n) is 3.67. The van der Waals surface area contributed by atoms with E-state index < -0.39 is 0 Å². The van der Waals surface area contributed by atoms with Gasteiger partial charge in [0.15, 0.2) is 0 Å². The van der Waals surface area contributed by atoms with Crippen molar-refractivity contribution in [1.29, 1.82) is 0 Å². The van der Waals surface area contributed by atoms with E-state index in [0.29, 0.717) is 5.54 Å². The Bertz CT molecular complexity index is 418. The molecular formula is C16H23BrN2. The number of rotatable bonds is 2. The van der Waals surface area contributed by atoms with Gasteiger partial charge in [-0.25, -0.2) is 0 Å². The minimum Gasteiger partial charge on any atom is -0.314 e. The highest BCUT2D eigenvalue weighted by molar-refractivity contribution is 9.10. The van der Waals surface area contributed by atoms with Crippen LogP contribution in [0.2, 0.25) is 0 Å². The van der Waals surface area contributed by atoms with E-state index in [0.717, 1.165) is 13.1 Å². The number of piperazine rings is 1. The second kappa shape index (κ2) is 5.94. The molecule has 2 nitrogen and oxygen atoms in total. The van der Waals surface area contributed by atoms with E-state index in [9.17, 15) is 0 Å². The molecule has 0 radical (unpaired) electrons. The largest absolute Gasteiger partial charge is 0.314 e. The SMILES string of the molecule is Brc1ccccc1CN1CCNCC12CCCCC2. The van der Waals surface area contributed by atoms with E-state index in [1.54, 1.807) is 0 Å². The summed E-state index contributed by atoms with van der Waals surface area (Å²) in [4.78, 5) is 2.74. The molecule has 3 rings (SSSR count). The van der Waals surface area contributed by atoms with Crippen molar-refractivity contribution < 1.29 is 0 Å². The zero-order chi connectivity index (χ0) is 13.1. The van der Waals surface area contributed by atoms with Crippen LogP contribution in [0.5, 0.6) is 0 Å². The van der Waals surface area contributed by atoms with Gasteiger partial charge in [-0.05, 0) is 24.5 Å². The Hall–Kier alpha value is -0.380. The van der Waals surface area contributed by atoms with Crippen LogP contribution >= 0.6 is 15.9 Å². The van der Waals surface area contributed by atoms with Crippen LogP contribution in [-0.2, 0) is 6.54 Å². The van der Waals surface area contributed by atoms with E-state index in [4.69, 9.17) is 0 Å². The number of benzene rings is 1. The van der Waals surface area contributed by atoms with Gasteiger partial charge < -0.3 is 5.32 Å². The minimum absolute atomic E-state index is 0.422. The minimum atomic E-state index is 0.422. The number of nitrogens with zero attached hydrogens (tertiary/aromatic N) is 1. The first-order chi connectivity index (χ1) is 9.30. The zero-order valence-corrected chi connectivity index (χ0v) is 13.1. The molecule has 104 valence electrons. The Balaban J connectivity index is 1.79. The number of hydrogen-bond acceptors (Lipinski definition) is 2. The van der Waals surface area contributed by atoms with Crippen LogP contribution in [0, 0.1) is 0 Å². The Morgan fingerprint density at radius 3 is 2.74 bits per heavy atom. The average molecular weight is 323 g/mol. The highest BCUT2D eigenvalue weighted by atomic mass is 79.9. The van der Waals surface area contributed by atoms with Gasteiger partial charge in [0.1, 0.15) is 0 Å². The summed E-state index contributed by atoms with van der Waals surface area (Å²) in [5.41, 5.74) is 1.85. The van der Waals surface area contributed by atoms with Gasteiger partial charge in [-0.3, -0.25) is 4.90 Å². The summed E-state index contributed by atoms with van der Waals surface area (Å²) in [6.45, 7) is 4.58. The summed E-state index contributed by atoms with van der Waals surface area (Å²) >= 11 is 3.69. The third-order valence-electron chi connectivity index (χ3n) is 4.79. The quantitative estimate of drug-likeness (QED) is 0.895. The summed E-state index contributed by atoms with van der Waals surface area (Å²) in [7, 11) is 0. The van der Waals surface area contributed by atoms with Gasteiger partial charge in [0.05, 0.1) is 0 Å². The predicted octanol–water partition coefficient (Wildman–Crippen LogP) is 3.56. The molecule has 1 aliphatic heterocycles. The lowest BCUT2D eigenvalue weighted by atomic mass is 9.79. The first kappa shape index (κ1) is 13.6. The van der Waals surface area contributed by atoms with Gasteiger partial charge in [-0.15, -0.1) is 0 Å². The van der Waals surface area contributed by atoms with Crippen molar-refractivity contribution in [3.05, 3.63) is 34.3 Å². The molecule has 1 aliphatic carbocycles. The van der Waals surface area contributed by atoms with Crippen LogP contribution in [0.1, 0.15) is 37.7 Å². The maximum Gasteiger partial charge on any atom is 0.0338 e. The lowest BCUT2D eigenvalue weighted by molar-refractivity contribution is 0.0207. The van der Waals surface area contributed by atoms with Crippen LogP contribution in [0.4, 0.5) is 0 Å². The van der Waals surface area contributed by atoms with Crippen LogP contribution in [0.25, 0.3) is 0 Å². The Morgan fingerprint density at radius 2 is 1.95 bits per heavy atom. The van der Waals surface area contributed by atoms with Crippen molar-refractivity contribution in [2.24, 2.45) is 0 Å². The maximum absolute atomic E-state index is 3.69. The molecule has 2 fully saturated rings. The molecular weight excluding hydrogens is 300 g/mol. The fourth-order valence-corrected chi connectivity index (χ4v) is 4.08. The van der Waals surface area contributed by atoms with Gasteiger partial charge >= 0.3 is 0 Å². The van der Waals surface area contributed by atoms with Crippen molar-refractivity contribution in [3.63, 3.8) is 0 Å². The van der Waals surface area contributed by atoms with Crippen LogP contribution in [-0.4, -0.2) is 30.1 Å². The summed E-state index contributed by atoms with van der Waals surface area (Å²) in [5, 5.41) is 3.62. The lowest BCUT2D eigenvalue weighted by Crippen LogP contribution is -2.61. The maximum atomic E-state index is 3.69. The predicted molar refractivity (Wildman–Crippen MR) is 83.2 cm³/mol. The van der Waals surface area contributed by atoms with E-state index in [1.807, 2.05) is 0 Å². The van der Waals surface area contributed by atoms with E-state index >= 15 is 0 Å².